The van der Waals surface area contributed by atoms with Crippen LogP contribution >= 0.6 is 0 Å². The van der Waals surface area contributed by atoms with Gasteiger partial charge in [0.05, 0.1) is 19.0 Å². The van der Waals surface area contributed by atoms with Gasteiger partial charge in [-0.05, 0) is 13.8 Å². The van der Waals surface area contributed by atoms with Crippen molar-refractivity contribution in [1.82, 2.24) is 0 Å². The van der Waals surface area contributed by atoms with Crippen LogP contribution in [0.3, 0.4) is 0 Å². The van der Waals surface area contributed by atoms with Gasteiger partial charge < -0.3 is 14.2 Å². The van der Waals surface area contributed by atoms with Gasteiger partial charge in [0, 0.05) is 6.08 Å². The minimum absolute atomic E-state index is 0.0621. The summed E-state index contributed by atoms with van der Waals surface area (Å²) in [5, 5.41) is 0. The van der Waals surface area contributed by atoms with Crippen LogP contribution in [-0.2, 0) is 19.0 Å². The largest absolute Gasteiger partial charge is 0.499 e. The molecule has 15 heavy (non-hydrogen) atoms. The van der Waals surface area contributed by atoms with Gasteiger partial charge >= 0.3 is 5.97 Å². The summed E-state index contributed by atoms with van der Waals surface area (Å²) in [6.07, 6.45) is 2.14. The quantitative estimate of drug-likeness (QED) is 0.350. The van der Waals surface area contributed by atoms with Crippen LogP contribution in [0.2, 0.25) is 0 Å². The molecular formula is C11H18O4. The van der Waals surface area contributed by atoms with E-state index in [1.807, 2.05) is 6.92 Å². The molecule has 86 valence electrons. The van der Waals surface area contributed by atoms with Crippen LogP contribution in [0.1, 0.15) is 13.8 Å². The Morgan fingerprint density at radius 3 is 2.47 bits per heavy atom. The number of esters is 1. The summed E-state index contributed by atoms with van der Waals surface area (Å²) in [4.78, 5) is 10.8. The molecule has 0 aliphatic rings. The predicted molar refractivity (Wildman–Crippen MR) is 57.3 cm³/mol. The molecule has 0 saturated heterocycles. The minimum atomic E-state index is -0.443. The summed E-state index contributed by atoms with van der Waals surface area (Å²) in [5.41, 5.74) is 0. The highest BCUT2D eigenvalue weighted by atomic mass is 16.6. The lowest BCUT2D eigenvalue weighted by molar-refractivity contribution is -0.146. The number of hydrogen-bond acceptors (Lipinski definition) is 4. The number of rotatable bonds is 8. The zero-order valence-corrected chi connectivity index (χ0v) is 9.27. The van der Waals surface area contributed by atoms with Gasteiger partial charge in [0.15, 0.2) is 0 Å². The number of carbonyl (C=O) groups excluding carboxylic acids is 1. The lowest BCUT2D eigenvalue weighted by Crippen LogP contribution is -2.24. The van der Waals surface area contributed by atoms with Crippen molar-refractivity contribution < 1.29 is 19.0 Å². The molecule has 0 spiro atoms. The molecule has 0 radical (unpaired) electrons. The standard InChI is InChI=1S/C11H18O4/c1-5-11(12)15-10(4)8-14-9(3)7-13-6-2/h5-6,9-10H,1-2,7-8H2,3-4H3. The van der Waals surface area contributed by atoms with Gasteiger partial charge in [-0.3, -0.25) is 0 Å². The van der Waals surface area contributed by atoms with Crippen molar-refractivity contribution in [2.45, 2.75) is 26.1 Å². The topological polar surface area (TPSA) is 44.8 Å². The first-order chi connectivity index (χ1) is 7.10. The van der Waals surface area contributed by atoms with Crippen LogP contribution in [0.4, 0.5) is 0 Å². The number of carbonyl (C=O) groups is 1. The lowest BCUT2D eigenvalue weighted by atomic mass is 10.4. The molecule has 4 nitrogen and oxygen atoms in total. The Kier molecular flexibility index (Phi) is 7.36. The van der Waals surface area contributed by atoms with Crippen LogP contribution < -0.4 is 0 Å². The first-order valence-corrected chi connectivity index (χ1v) is 4.77. The summed E-state index contributed by atoms with van der Waals surface area (Å²) >= 11 is 0. The van der Waals surface area contributed by atoms with Gasteiger partial charge in [0.1, 0.15) is 12.7 Å². The summed E-state index contributed by atoms with van der Waals surface area (Å²) in [5.74, 6) is -0.443. The molecule has 0 aromatic rings. The molecule has 0 heterocycles. The van der Waals surface area contributed by atoms with E-state index in [9.17, 15) is 4.79 Å². The van der Waals surface area contributed by atoms with E-state index >= 15 is 0 Å². The molecule has 0 rings (SSSR count). The highest BCUT2D eigenvalue weighted by Gasteiger charge is 2.09. The van der Waals surface area contributed by atoms with E-state index in [2.05, 4.69) is 13.2 Å². The highest BCUT2D eigenvalue weighted by molar-refractivity contribution is 5.81. The fourth-order valence-corrected chi connectivity index (χ4v) is 0.832. The second-order valence-electron chi connectivity index (χ2n) is 3.10. The Morgan fingerprint density at radius 2 is 1.93 bits per heavy atom. The fraction of sp³-hybridized carbons (Fsp3) is 0.545. The Morgan fingerprint density at radius 1 is 1.27 bits per heavy atom. The minimum Gasteiger partial charge on any atom is -0.499 e. The van der Waals surface area contributed by atoms with Crippen molar-refractivity contribution in [2.24, 2.45) is 0 Å². The molecule has 4 heteroatoms. The average Bonchev–Trinajstić information content (AvgIpc) is 2.23. The molecule has 2 unspecified atom stereocenters. The smallest absolute Gasteiger partial charge is 0.330 e. The lowest BCUT2D eigenvalue weighted by Gasteiger charge is -2.16. The maximum atomic E-state index is 10.8. The molecular weight excluding hydrogens is 196 g/mol. The third-order valence-electron chi connectivity index (χ3n) is 1.55. The van der Waals surface area contributed by atoms with Crippen LogP contribution in [-0.4, -0.2) is 31.4 Å². The molecule has 0 N–H and O–H groups in total. The highest BCUT2D eigenvalue weighted by Crippen LogP contribution is 1.98. The molecule has 0 aromatic carbocycles. The van der Waals surface area contributed by atoms with Crippen LogP contribution in [0.25, 0.3) is 0 Å². The molecule has 0 saturated carbocycles. The first kappa shape index (κ1) is 13.7. The van der Waals surface area contributed by atoms with Crippen molar-refractivity contribution in [1.29, 1.82) is 0 Å². The third-order valence-corrected chi connectivity index (χ3v) is 1.55. The van der Waals surface area contributed by atoms with Gasteiger partial charge in [0.25, 0.3) is 0 Å². The van der Waals surface area contributed by atoms with Crippen LogP contribution in [0.5, 0.6) is 0 Å². The number of ether oxygens (including phenoxy) is 3. The van der Waals surface area contributed by atoms with Gasteiger partial charge in [-0.2, -0.15) is 0 Å². The van der Waals surface area contributed by atoms with Gasteiger partial charge in [-0.25, -0.2) is 4.79 Å². The summed E-state index contributed by atoms with van der Waals surface area (Å²) in [7, 11) is 0. The second-order valence-corrected chi connectivity index (χ2v) is 3.10. The molecule has 0 aromatic heterocycles. The van der Waals surface area contributed by atoms with Gasteiger partial charge in [0.2, 0.25) is 0 Å². The molecule has 0 fully saturated rings. The van der Waals surface area contributed by atoms with Gasteiger partial charge in [-0.15, -0.1) is 0 Å². The van der Waals surface area contributed by atoms with Gasteiger partial charge in [-0.1, -0.05) is 13.2 Å². The summed E-state index contributed by atoms with van der Waals surface area (Å²) in [6, 6.07) is 0. The SMILES string of the molecule is C=COCC(C)OCC(C)OC(=O)C=C. The van der Waals surface area contributed by atoms with Crippen molar-refractivity contribution >= 4 is 5.97 Å². The predicted octanol–water partition coefficient (Wildman–Crippen LogP) is 1.67. The Labute approximate surface area is 90.5 Å². The monoisotopic (exact) mass is 214 g/mol. The van der Waals surface area contributed by atoms with E-state index < -0.39 is 5.97 Å². The van der Waals surface area contributed by atoms with E-state index in [4.69, 9.17) is 14.2 Å². The summed E-state index contributed by atoms with van der Waals surface area (Å²) < 4.78 is 15.2. The summed E-state index contributed by atoms with van der Waals surface area (Å²) in [6.45, 7) is 11.1. The fourth-order valence-electron chi connectivity index (χ4n) is 0.832. The van der Waals surface area contributed by atoms with Crippen molar-refractivity contribution in [3.63, 3.8) is 0 Å². The Balaban J connectivity index is 3.60. The number of hydrogen-bond donors (Lipinski definition) is 0. The Hall–Kier alpha value is -1.29. The first-order valence-electron chi connectivity index (χ1n) is 4.77. The Bertz CT molecular complexity index is 213. The van der Waals surface area contributed by atoms with E-state index in [1.54, 1.807) is 6.92 Å². The van der Waals surface area contributed by atoms with E-state index in [-0.39, 0.29) is 12.2 Å². The van der Waals surface area contributed by atoms with Crippen LogP contribution in [0.15, 0.2) is 25.5 Å². The van der Waals surface area contributed by atoms with E-state index in [0.29, 0.717) is 13.2 Å². The second kappa shape index (κ2) is 8.05. The van der Waals surface area contributed by atoms with Crippen LogP contribution in [0, 0.1) is 0 Å². The normalized spacial score (nSPS) is 13.7. The maximum absolute atomic E-state index is 10.8. The molecule has 0 amide bonds. The maximum Gasteiger partial charge on any atom is 0.330 e. The van der Waals surface area contributed by atoms with E-state index in [1.165, 1.54) is 6.26 Å². The zero-order chi connectivity index (χ0) is 11.7. The molecule has 0 bridgehead atoms. The molecule has 0 aliphatic carbocycles. The third kappa shape index (κ3) is 7.76. The van der Waals surface area contributed by atoms with Crippen molar-refractivity contribution in [3.05, 3.63) is 25.5 Å². The molecule has 0 aliphatic heterocycles. The zero-order valence-electron chi connectivity index (χ0n) is 9.27. The molecule has 2 atom stereocenters. The average molecular weight is 214 g/mol. The van der Waals surface area contributed by atoms with Crippen molar-refractivity contribution in [2.75, 3.05) is 13.2 Å². The van der Waals surface area contributed by atoms with Crippen molar-refractivity contribution in [3.8, 4) is 0 Å². The van der Waals surface area contributed by atoms with E-state index in [0.717, 1.165) is 6.08 Å².